The third-order valence-electron chi connectivity index (χ3n) is 3.09. The summed E-state index contributed by atoms with van der Waals surface area (Å²) in [7, 11) is 0. The number of ether oxygens (including phenoxy) is 1. The van der Waals surface area contributed by atoms with E-state index in [1.165, 1.54) is 5.56 Å². The van der Waals surface area contributed by atoms with Gasteiger partial charge >= 0.3 is 0 Å². The molecule has 0 fully saturated rings. The van der Waals surface area contributed by atoms with E-state index < -0.39 is 0 Å². The monoisotopic (exact) mass is 255 g/mol. The normalized spacial score (nSPS) is 11.9. The molecule has 0 aliphatic rings. The molecule has 2 aromatic rings. The summed E-state index contributed by atoms with van der Waals surface area (Å²) in [6, 6.07) is 18.4. The largest absolute Gasteiger partial charge is 0.489 e. The summed E-state index contributed by atoms with van der Waals surface area (Å²) in [6.45, 7) is 5.04. The Morgan fingerprint density at radius 1 is 1.00 bits per heavy atom. The fraction of sp³-hybridized carbons (Fsp3) is 0.294. The first-order valence-corrected chi connectivity index (χ1v) is 6.80. The summed E-state index contributed by atoms with van der Waals surface area (Å²) >= 11 is 0. The van der Waals surface area contributed by atoms with Crippen LogP contribution in [0, 0.1) is 6.92 Å². The van der Waals surface area contributed by atoms with Crippen LogP contribution < -0.4 is 10.1 Å². The number of nitrogens with one attached hydrogen (secondary N) is 1. The van der Waals surface area contributed by atoms with Gasteiger partial charge in [-0.3, -0.25) is 0 Å². The SMILES string of the molecule is CCC(CNc1ccccc1)Oc1ccc(C)cc1. The lowest BCUT2D eigenvalue weighted by Crippen LogP contribution is -2.25. The smallest absolute Gasteiger partial charge is 0.119 e. The molecular formula is C17H21NO. The summed E-state index contributed by atoms with van der Waals surface area (Å²) in [5.74, 6) is 0.937. The Bertz CT molecular complexity index is 478. The van der Waals surface area contributed by atoms with Crippen LogP contribution in [0.2, 0.25) is 0 Å². The number of benzene rings is 2. The maximum absolute atomic E-state index is 5.98. The maximum Gasteiger partial charge on any atom is 0.119 e. The average Bonchev–Trinajstić information content (AvgIpc) is 2.46. The second-order valence-electron chi connectivity index (χ2n) is 4.71. The van der Waals surface area contributed by atoms with Crippen LogP contribution in [0.25, 0.3) is 0 Å². The molecule has 0 heterocycles. The molecule has 0 amide bonds. The quantitative estimate of drug-likeness (QED) is 0.832. The van der Waals surface area contributed by atoms with Gasteiger partial charge in [-0.1, -0.05) is 42.8 Å². The van der Waals surface area contributed by atoms with Gasteiger partial charge in [0.15, 0.2) is 0 Å². The van der Waals surface area contributed by atoms with Crippen LogP contribution in [0.5, 0.6) is 5.75 Å². The number of hydrogen-bond donors (Lipinski definition) is 1. The molecule has 0 saturated heterocycles. The fourth-order valence-corrected chi connectivity index (χ4v) is 1.87. The van der Waals surface area contributed by atoms with E-state index in [9.17, 15) is 0 Å². The molecule has 19 heavy (non-hydrogen) atoms. The Morgan fingerprint density at radius 2 is 1.68 bits per heavy atom. The minimum Gasteiger partial charge on any atom is -0.489 e. The summed E-state index contributed by atoms with van der Waals surface area (Å²) in [5.41, 5.74) is 2.39. The molecule has 2 heteroatoms. The van der Waals surface area contributed by atoms with Crippen LogP contribution in [-0.2, 0) is 0 Å². The Morgan fingerprint density at radius 3 is 2.32 bits per heavy atom. The third kappa shape index (κ3) is 4.32. The van der Waals surface area contributed by atoms with Gasteiger partial charge in [0, 0.05) is 5.69 Å². The van der Waals surface area contributed by atoms with Crippen molar-refractivity contribution in [1.82, 2.24) is 0 Å². The van der Waals surface area contributed by atoms with Crippen molar-refractivity contribution in [2.75, 3.05) is 11.9 Å². The van der Waals surface area contributed by atoms with Gasteiger partial charge in [-0.05, 0) is 37.6 Å². The summed E-state index contributed by atoms with van der Waals surface area (Å²) in [6.07, 6.45) is 1.16. The maximum atomic E-state index is 5.98. The van der Waals surface area contributed by atoms with Crippen LogP contribution in [0.3, 0.4) is 0 Å². The predicted molar refractivity (Wildman–Crippen MR) is 80.8 cm³/mol. The van der Waals surface area contributed by atoms with Crippen LogP contribution >= 0.6 is 0 Å². The molecule has 100 valence electrons. The molecule has 0 aliphatic heterocycles. The first-order chi connectivity index (χ1) is 9.28. The second-order valence-corrected chi connectivity index (χ2v) is 4.71. The molecule has 2 rings (SSSR count). The van der Waals surface area contributed by atoms with Gasteiger partial charge in [-0.2, -0.15) is 0 Å². The molecule has 0 bridgehead atoms. The molecule has 1 atom stereocenters. The molecule has 0 aromatic heterocycles. The third-order valence-corrected chi connectivity index (χ3v) is 3.09. The Kier molecular flexibility index (Phi) is 4.85. The molecule has 2 nitrogen and oxygen atoms in total. The van der Waals surface area contributed by atoms with E-state index in [0.717, 1.165) is 24.4 Å². The van der Waals surface area contributed by atoms with E-state index in [-0.39, 0.29) is 6.10 Å². The number of anilines is 1. The number of para-hydroxylation sites is 1. The van der Waals surface area contributed by atoms with Crippen LogP contribution in [-0.4, -0.2) is 12.6 Å². The van der Waals surface area contributed by atoms with Gasteiger partial charge in [0.25, 0.3) is 0 Å². The molecule has 0 saturated carbocycles. The van der Waals surface area contributed by atoms with E-state index in [1.54, 1.807) is 0 Å². The Labute approximate surface area is 115 Å². The summed E-state index contributed by atoms with van der Waals surface area (Å²) in [4.78, 5) is 0. The second kappa shape index (κ2) is 6.83. The van der Waals surface area contributed by atoms with Crippen LogP contribution in [0.4, 0.5) is 5.69 Å². The topological polar surface area (TPSA) is 21.3 Å². The zero-order valence-corrected chi connectivity index (χ0v) is 11.6. The Hall–Kier alpha value is -1.96. The van der Waals surface area contributed by atoms with Crippen molar-refractivity contribution >= 4 is 5.69 Å². The zero-order valence-electron chi connectivity index (χ0n) is 11.6. The van der Waals surface area contributed by atoms with Crippen molar-refractivity contribution in [3.8, 4) is 5.75 Å². The van der Waals surface area contributed by atoms with Crippen LogP contribution in [0.15, 0.2) is 54.6 Å². The van der Waals surface area contributed by atoms with E-state index >= 15 is 0 Å². The zero-order chi connectivity index (χ0) is 13.5. The summed E-state index contributed by atoms with van der Waals surface area (Å²) < 4.78 is 5.98. The molecule has 0 aliphatic carbocycles. The highest BCUT2D eigenvalue weighted by Gasteiger charge is 2.07. The lowest BCUT2D eigenvalue weighted by Gasteiger charge is -2.19. The van der Waals surface area contributed by atoms with E-state index in [4.69, 9.17) is 4.74 Å². The highest BCUT2D eigenvalue weighted by Crippen LogP contribution is 2.15. The van der Waals surface area contributed by atoms with Gasteiger partial charge in [0.2, 0.25) is 0 Å². The number of rotatable bonds is 6. The van der Waals surface area contributed by atoms with Crippen molar-refractivity contribution in [3.05, 3.63) is 60.2 Å². The van der Waals surface area contributed by atoms with Crippen molar-refractivity contribution in [3.63, 3.8) is 0 Å². The lowest BCUT2D eigenvalue weighted by atomic mass is 10.2. The van der Waals surface area contributed by atoms with Gasteiger partial charge in [0.05, 0.1) is 6.54 Å². The van der Waals surface area contributed by atoms with E-state index in [0.29, 0.717) is 0 Å². The van der Waals surface area contributed by atoms with Crippen molar-refractivity contribution < 1.29 is 4.74 Å². The fourth-order valence-electron chi connectivity index (χ4n) is 1.87. The van der Waals surface area contributed by atoms with Gasteiger partial charge in [-0.15, -0.1) is 0 Å². The molecule has 0 spiro atoms. The number of aryl methyl sites for hydroxylation is 1. The molecule has 2 aromatic carbocycles. The van der Waals surface area contributed by atoms with Gasteiger partial charge in [0.1, 0.15) is 11.9 Å². The van der Waals surface area contributed by atoms with Crippen molar-refractivity contribution in [2.24, 2.45) is 0 Å². The molecule has 0 radical (unpaired) electrons. The first-order valence-electron chi connectivity index (χ1n) is 6.80. The standard InChI is InChI=1S/C17H21NO/c1-3-16(13-18-15-7-5-4-6-8-15)19-17-11-9-14(2)10-12-17/h4-12,16,18H,3,13H2,1-2H3. The van der Waals surface area contributed by atoms with Gasteiger partial charge < -0.3 is 10.1 Å². The lowest BCUT2D eigenvalue weighted by molar-refractivity contribution is 0.210. The molecule has 1 N–H and O–H groups in total. The van der Waals surface area contributed by atoms with Crippen LogP contribution in [0.1, 0.15) is 18.9 Å². The minimum atomic E-state index is 0.183. The minimum absolute atomic E-state index is 0.183. The average molecular weight is 255 g/mol. The molecule has 1 unspecified atom stereocenters. The highest BCUT2D eigenvalue weighted by molar-refractivity contribution is 5.42. The van der Waals surface area contributed by atoms with Crippen molar-refractivity contribution in [1.29, 1.82) is 0 Å². The van der Waals surface area contributed by atoms with Gasteiger partial charge in [-0.25, -0.2) is 0 Å². The number of hydrogen-bond acceptors (Lipinski definition) is 2. The van der Waals surface area contributed by atoms with E-state index in [2.05, 4.69) is 43.4 Å². The van der Waals surface area contributed by atoms with E-state index in [1.807, 2.05) is 30.3 Å². The Balaban J connectivity index is 1.88. The highest BCUT2D eigenvalue weighted by atomic mass is 16.5. The predicted octanol–water partition coefficient (Wildman–Crippen LogP) is 4.26. The van der Waals surface area contributed by atoms with Crippen molar-refractivity contribution in [2.45, 2.75) is 26.4 Å². The molecular weight excluding hydrogens is 234 g/mol. The summed E-state index contributed by atoms with van der Waals surface area (Å²) in [5, 5.41) is 3.40. The first kappa shape index (κ1) is 13.5.